The number of Topliss-reactive ketones (excluding diaryl/α,β-unsaturated/α-hetero) is 1. The molecule has 0 aliphatic heterocycles. The summed E-state index contributed by atoms with van der Waals surface area (Å²) < 4.78 is 0. The van der Waals surface area contributed by atoms with Crippen LogP contribution in [0.4, 0.5) is 0 Å². The Kier molecular flexibility index (Phi) is 3.97. The number of carbonyl (C=O) groups excluding carboxylic acids is 1. The summed E-state index contributed by atoms with van der Waals surface area (Å²) in [6.45, 7) is 9.84. The number of hydrogen-bond acceptors (Lipinski definition) is 2. The van der Waals surface area contributed by atoms with Crippen LogP contribution in [0.25, 0.3) is 0 Å². The number of phenols is 1. The third kappa shape index (κ3) is 3.09. The van der Waals surface area contributed by atoms with E-state index < -0.39 is 0 Å². The van der Waals surface area contributed by atoms with E-state index in [1.165, 1.54) is 0 Å². The fraction of sp³-hybridized carbons (Fsp3) is 0.533. The van der Waals surface area contributed by atoms with Gasteiger partial charge in [-0.3, -0.25) is 4.79 Å². The molecule has 0 bridgehead atoms. The normalized spacial score (nSPS) is 11.6. The molecular formula is C15H22O2. The molecule has 0 radical (unpaired) electrons. The molecule has 0 aromatic heterocycles. The zero-order valence-electron chi connectivity index (χ0n) is 11.4. The average molecular weight is 234 g/mol. The maximum Gasteiger partial charge on any atom is 0.133 e. The second kappa shape index (κ2) is 4.91. The second-order valence-electron chi connectivity index (χ2n) is 5.43. The molecule has 94 valence electrons. The molecule has 0 amide bonds. The molecule has 1 rings (SSSR count). The maximum absolute atomic E-state index is 11.6. The lowest BCUT2D eigenvalue weighted by Crippen LogP contribution is -2.23. The number of hydrogen-bond donors (Lipinski definition) is 1. The highest BCUT2D eigenvalue weighted by Crippen LogP contribution is 2.37. The Hall–Kier alpha value is -1.31. The van der Waals surface area contributed by atoms with E-state index in [9.17, 15) is 9.90 Å². The number of rotatable bonds is 4. The van der Waals surface area contributed by atoms with Gasteiger partial charge in [0.25, 0.3) is 0 Å². The molecule has 0 saturated heterocycles. The molecule has 17 heavy (non-hydrogen) atoms. The van der Waals surface area contributed by atoms with Crippen molar-refractivity contribution < 1.29 is 9.90 Å². The molecule has 0 heterocycles. The van der Waals surface area contributed by atoms with Gasteiger partial charge in [-0.15, -0.1) is 0 Å². The first-order chi connectivity index (χ1) is 7.77. The van der Waals surface area contributed by atoms with Crippen molar-refractivity contribution in [2.45, 2.75) is 52.9 Å². The van der Waals surface area contributed by atoms with Gasteiger partial charge in [0.15, 0.2) is 0 Å². The van der Waals surface area contributed by atoms with E-state index >= 15 is 0 Å². The highest BCUT2D eigenvalue weighted by molar-refractivity contribution is 5.79. The molecular weight excluding hydrogens is 212 g/mol. The SMILES string of the molecule is CCC(=O)CC(C)(C)c1c(C)cc(C)cc1O. The zero-order valence-corrected chi connectivity index (χ0v) is 11.4. The van der Waals surface area contributed by atoms with E-state index in [1.54, 1.807) is 6.07 Å². The van der Waals surface area contributed by atoms with Gasteiger partial charge in [-0.2, -0.15) is 0 Å². The van der Waals surface area contributed by atoms with Crippen LogP contribution in [-0.2, 0) is 10.2 Å². The smallest absolute Gasteiger partial charge is 0.133 e. The van der Waals surface area contributed by atoms with Crippen molar-refractivity contribution in [2.75, 3.05) is 0 Å². The van der Waals surface area contributed by atoms with Gasteiger partial charge in [0, 0.05) is 23.8 Å². The van der Waals surface area contributed by atoms with Crippen molar-refractivity contribution in [3.63, 3.8) is 0 Å². The largest absolute Gasteiger partial charge is 0.508 e. The topological polar surface area (TPSA) is 37.3 Å². The first kappa shape index (κ1) is 13.8. The average Bonchev–Trinajstić information content (AvgIpc) is 2.14. The Balaban J connectivity index is 3.18. The maximum atomic E-state index is 11.6. The van der Waals surface area contributed by atoms with Crippen LogP contribution in [0, 0.1) is 13.8 Å². The van der Waals surface area contributed by atoms with Gasteiger partial charge < -0.3 is 5.11 Å². The minimum atomic E-state index is -0.311. The highest BCUT2D eigenvalue weighted by Gasteiger charge is 2.28. The van der Waals surface area contributed by atoms with Gasteiger partial charge in [-0.1, -0.05) is 26.8 Å². The lowest BCUT2D eigenvalue weighted by molar-refractivity contribution is -0.119. The van der Waals surface area contributed by atoms with Gasteiger partial charge in [-0.05, 0) is 31.0 Å². The molecule has 1 aromatic carbocycles. The van der Waals surface area contributed by atoms with Crippen molar-refractivity contribution in [1.82, 2.24) is 0 Å². The monoisotopic (exact) mass is 234 g/mol. The molecule has 1 aromatic rings. The second-order valence-corrected chi connectivity index (χ2v) is 5.43. The van der Waals surface area contributed by atoms with Crippen molar-refractivity contribution in [3.8, 4) is 5.75 Å². The molecule has 0 fully saturated rings. The fourth-order valence-electron chi connectivity index (χ4n) is 2.53. The van der Waals surface area contributed by atoms with Crippen LogP contribution in [0.2, 0.25) is 0 Å². The Morgan fingerprint density at radius 3 is 2.35 bits per heavy atom. The predicted octanol–water partition coefficient (Wildman–Crippen LogP) is 3.66. The molecule has 0 aliphatic rings. The third-order valence-electron chi connectivity index (χ3n) is 3.17. The van der Waals surface area contributed by atoms with Gasteiger partial charge >= 0.3 is 0 Å². The third-order valence-corrected chi connectivity index (χ3v) is 3.17. The minimum absolute atomic E-state index is 0.231. The summed E-state index contributed by atoms with van der Waals surface area (Å²) in [7, 11) is 0. The van der Waals surface area contributed by atoms with E-state index in [0.717, 1.165) is 16.7 Å². The summed E-state index contributed by atoms with van der Waals surface area (Å²) in [5.74, 6) is 0.533. The Labute approximate surface area is 104 Å². The lowest BCUT2D eigenvalue weighted by atomic mass is 9.77. The van der Waals surface area contributed by atoms with Crippen molar-refractivity contribution in [2.24, 2.45) is 0 Å². The van der Waals surface area contributed by atoms with Crippen LogP contribution in [0.5, 0.6) is 5.75 Å². The van der Waals surface area contributed by atoms with Crippen molar-refractivity contribution in [1.29, 1.82) is 0 Å². The number of benzene rings is 1. The van der Waals surface area contributed by atoms with Crippen LogP contribution < -0.4 is 0 Å². The molecule has 2 heteroatoms. The quantitative estimate of drug-likeness (QED) is 0.863. The van der Waals surface area contributed by atoms with Crippen LogP contribution in [0.1, 0.15) is 50.3 Å². The minimum Gasteiger partial charge on any atom is -0.508 e. The van der Waals surface area contributed by atoms with Crippen LogP contribution in [0.3, 0.4) is 0 Å². The Bertz CT molecular complexity index is 408. The summed E-state index contributed by atoms with van der Waals surface area (Å²) in [5.41, 5.74) is 2.68. The van der Waals surface area contributed by atoms with Gasteiger partial charge in [0.05, 0.1) is 0 Å². The molecule has 0 aliphatic carbocycles. The van der Waals surface area contributed by atoms with E-state index in [1.807, 2.05) is 40.7 Å². The number of carbonyl (C=O) groups is 1. The summed E-state index contributed by atoms with van der Waals surface area (Å²) in [4.78, 5) is 11.6. The molecule has 2 nitrogen and oxygen atoms in total. The number of aryl methyl sites for hydroxylation is 2. The Morgan fingerprint density at radius 1 is 1.29 bits per heavy atom. The van der Waals surface area contributed by atoms with E-state index in [4.69, 9.17) is 0 Å². The van der Waals surface area contributed by atoms with Gasteiger partial charge in [0.1, 0.15) is 11.5 Å². The van der Waals surface area contributed by atoms with Gasteiger partial charge in [-0.25, -0.2) is 0 Å². The van der Waals surface area contributed by atoms with Crippen LogP contribution >= 0.6 is 0 Å². The highest BCUT2D eigenvalue weighted by atomic mass is 16.3. The van der Waals surface area contributed by atoms with Crippen LogP contribution in [0.15, 0.2) is 12.1 Å². The number of aromatic hydroxyl groups is 1. The fourth-order valence-corrected chi connectivity index (χ4v) is 2.53. The van der Waals surface area contributed by atoms with E-state index in [0.29, 0.717) is 18.6 Å². The molecule has 0 unspecified atom stereocenters. The molecule has 0 saturated carbocycles. The van der Waals surface area contributed by atoms with Crippen LogP contribution in [-0.4, -0.2) is 10.9 Å². The van der Waals surface area contributed by atoms with Crippen molar-refractivity contribution >= 4 is 5.78 Å². The summed E-state index contributed by atoms with van der Waals surface area (Å²) in [6, 6.07) is 3.81. The summed E-state index contributed by atoms with van der Waals surface area (Å²) in [6.07, 6.45) is 1.02. The summed E-state index contributed by atoms with van der Waals surface area (Å²) in [5, 5.41) is 10.1. The summed E-state index contributed by atoms with van der Waals surface area (Å²) >= 11 is 0. The standard InChI is InChI=1S/C15H22O2/c1-6-12(16)9-15(4,5)14-11(3)7-10(2)8-13(14)17/h7-8,17H,6,9H2,1-5H3. The van der Waals surface area contributed by atoms with E-state index in [-0.39, 0.29) is 11.2 Å². The zero-order chi connectivity index (χ0) is 13.2. The predicted molar refractivity (Wildman–Crippen MR) is 70.5 cm³/mol. The first-order valence-corrected chi connectivity index (χ1v) is 6.10. The van der Waals surface area contributed by atoms with Crippen molar-refractivity contribution in [3.05, 3.63) is 28.8 Å². The molecule has 0 atom stereocenters. The van der Waals surface area contributed by atoms with E-state index in [2.05, 4.69) is 0 Å². The first-order valence-electron chi connectivity index (χ1n) is 6.10. The Morgan fingerprint density at radius 2 is 1.88 bits per heavy atom. The van der Waals surface area contributed by atoms with Gasteiger partial charge in [0.2, 0.25) is 0 Å². The molecule has 1 N–H and O–H groups in total. The number of phenolic OH excluding ortho intramolecular Hbond substituents is 1. The lowest BCUT2D eigenvalue weighted by Gasteiger charge is -2.27. The number of ketones is 1. The molecule has 0 spiro atoms.